The number of rotatable bonds is 2. The van der Waals surface area contributed by atoms with Crippen molar-refractivity contribution < 1.29 is 0 Å². The third kappa shape index (κ3) is 3.21. The van der Waals surface area contributed by atoms with Crippen molar-refractivity contribution in [1.82, 2.24) is 5.32 Å². The number of fused-ring (bicyclic) bond motifs is 1. The van der Waals surface area contributed by atoms with Gasteiger partial charge < -0.3 is 10.6 Å². The molecule has 26 heavy (non-hydrogen) atoms. The van der Waals surface area contributed by atoms with Crippen molar-refractivity contribution in [3.8, 4) is 6.07 Å². The molecule has 2 aliphatic rings. The molecule has 5 heteroatoms. The van der Waals surface area contributed by atoms with Crippen LogP contribution < -0.4 is 10.6 Å². The van der Waals surface area contributed by atoms with E-state index in [2.05, 4.69) is 22.8 Å². The highest BCUT2D eigenvalue weighted by atomic mass is 35.5. The Balaban J connectivity index is 1.72. The number of anilines is 1. The molecule has 2 aliphatic heterocycles. The van der Waals surface area contributed by atoms with E-state index in [4.69, 9.17) is 16.6 Å². The number of aliphatic imine (C=N–C) groups is 1. The van der Waals surface area contributed by atoms with Gasteiger partial charge in [0.2, 0.25) is 0 Å². The normalized spacial score (nSPS) is 19.6. The molecule has 0 saturated carbocycles. The van der Waals surface area contributed by atoms with Gasteiger partial charge in [-0.05, 0) is 61.7 Å². The summed E-state index contributed by atoms with van der Waals surface area (Å²) in [5.74, 6) is 1.01. The number of nitrogens with one attached hydrogen (secondary N) is 2. The lowest BCUT2D eigenvalue weighted by Gasteiger charge is -2.43. The number of halogens is 1. The third-order valence-corrected chi connectivity index (χ3v) is 5.65. The lowest BCUT2D eigenvalue weighted by molar-refractivity contribution is 0.293. The van der Waals surface area contributed by atoms with Crippen molar-refractivity contribution in [3.05, 3.63) is 64.2 Å². The zero-order chi connectivity index (χ0) is 18.0. The summed E-state index contributed by atoms with van der Waals surface area (Å²) in [5, 5.41) is 17.2. The maximum atomic E-state index is 9.47. The summed E-state index contributed by atoms with van der Waals surface area (Å²) in [6.07, 6.45) is 3.02. The molecular formula is C21H21ClN4. The van der Waals surface area contributed by atoms with Gasteiger partial charge in [0.1, 0.15) is 11.9 Å². The highest BCUT2D eigenvalue weighted by Gasteiger charge is 2.41. The number of para-hydroxylation sites is 1. The van der Waals surface area contributed by atoms with Crippen molar-refractivity contribution in [1.29, 1.82) is 5.26 Å². The summed E-state index contributed by atoms with van der Waals surface area (Å²) >= 11 is 6.11. The molecule has 0 atom stereocenters. The van der Waals surface area contributed by atoms with E-state index < -0.39 is 0 Å². The van der Waals surface area contributed by atoms with Crippen LogP contribution in [0.2, 0.25) is 5.02 Å². The van der Waals surface area contributed by atoms with Gasteiger partial charge in [-0.25, -0.2) is 0 Å². The Bertz CT molecular complexity index is 891. The quantitative estimate of drug-likeness (QED) is 0.841. The number of hydrogen-bond donors (Lipinski definition) is 2. The highest BCUT2D eigenvalue weighted by molar-refractivity contribution is 6.30. The molecular weight excluding hydrogens is 344 g/mol. The topological polar surface area (TPSA) is 60.2 Å². The summed E-state index contributed by atoms with van der Waals surface area (Å²) in [6.45, 7) is 2.57. The van der Waals surface area contributed by atoms with Gasteiger partial charge in [-0.2, -0.15) is 5.26 Å². The summed E-state index contributed by atoms with van der Waals surface area (Å²) in [6, 6.07) is 16.1. The molecule has 0 aromatic heterocycles. The van der Waals surface area contributed by atoms with Crippen molar-refractivity contribution in [2.24, 2.45) is 10.4 Å². The molecule has 0 amide bonds. The molecule has 2 aromatic carbocycles. The predicted molar refractivity (Wildman–Crippen MR) is 106 cm³/mol. The number of hydrogen-bond acceptors (Lipinski definition) is 3. The van der Waals surface area contributed by atoms with Crippen LogP contribution in [0.25, 0.3) is 0 Å². The van der Waals surface area contributed by atoms with E-state index in [1.165, 1.54) is 5.56 Å². The van der Waals surface area contributed by atoms with Gasteiger partial charge in [0.25, 0.3) is 0 Å². The van der Waals surface area contributed by atoms with Crippen molar-refractivity contribution in [3.63, 3.8) is 0 Å². The molecule has 0 aliphatic carbocycles. The summed E-state index contributed by atoms with van der Waals surface area (Å²) < 4.78 is 0. The van der Waals surface area contributed by atoms with E-state index in [0.717, 1.165) is 54.5 Å². The van der Waals surface area contributed by atoms with Crippen LogP contribution in [0.3, 0.4) is 0 Å². The van der Waals surface area contributed by atoms with Crippen LogP contribution >= 0.6 is 11.6 Å². The fraction of sp³-hybridized carbons (Fsp3) is 0.333. The molecule has 0 bridgehead atoms. The lowest BCUT2D eigenvalue weighted by Crippen LogP contribution is -2.49. The lowest BCUT2D eigenvalue weighted by atomic mass is 9.70. The maximum absolute atomic E-state index is 9.47. The molecule has 2 N–H and O–H groups in total. The zero-order valence-corrected chi connectivity index (χ0v) is 15.3. The summed E-state index contributed by atoms with van der Waals surface area (Å²) in [4.78, 5) is 4.96. The van der Waals surface area contributed by atoms with Crippen molar-refractivity contribution in [2.75, 3.05) is 18.4 Å². The van der Waals surface area contributed by atoms with Gasteiger partial charge in [0.15, 0.2) is 0 Å². The van der Waals surface area contributed by atoms with E-state index >= 15 is 0 Å². The van der Waals surface area contributed by atoms with Crippen LogP contribution in [0, 0.1) is 16.7 Å². The van der Waals surface area contributed by atoms with Gasteiger partial charge in [-0.1, -0.05) is 35.9 Å². The molecule has 1 fully saturated rings. The summed E-state index contributed by atoms with van der Waals surface area (Å²) in [7, 11) is 0. The second-order valence-electron chi connectivity index (χ2n) is 7.08. The highest BCUT2D eigenvalue weighted by Crippen LogP contribution is 2.42. The minimum Gasteiger partial charge on any atom is -0.342 e. The third-order valence-electron chi connectivity index (χ3n) is 5.42. The maximum Gasteiger partial charge on any atom is 0.108 e. The Hall–Kier alpha value is -2.35. The second-order valence-corrected chi connectivity index (χ2v) is 7.51. The Morgan fingerprint density at radius 2 is 1.96 bits per heavy atom. The number of nitrogens with zero attached hydrogens (tertiary/aromatic N) is 2. The molecule has 132 valence electrons. The molecule has 0 unspecified atom stereocenters. The van der Waals surface area contributed by atoms with E-state index in [-0.39, 0.29) is 5.41 Å². The molecule has 2 aromatic rings. The smallest absolute Gasteiger partial charge is 0.108 e. The first-order chi connectivity index (χ1) is 12.7. The van der Waals surface area contributed by atoms with Gasteiger partial charge in [0.05, 0.1) is 17.8 Å². The van der Waals surface area contributed by atoms with Crippen LogP contribution in [0.4, 0.5) is 5.69 Å². The van der Waals surface area contributed by atoms with E-state index in [1.807, 2.05) is 36.4 Å². The average Bonchev–Trinajstić information content (AvgIpc) is 2.66. The van der Waals surface area contributed by atoms with Crippen LogP contribution in [-0.4, -0.2) is 18.9 Å². The fourth-order valence-electron chi connectivity index (χ4n) is 4.02. The number of benzene rings is 2. The molecule has 0 radical (unpaired) electrons. The van der Waals surface area contributed by atoms with Gasteiger partial charge >= 0.3 is 0 Å². The minimum atomic E-state index is 0.0188. The average molecular weight is 365 g/mol. The largest absolute Gasteiger partial charge is 0.342 e. The van der Waals surface area contributed by atoms with Gasteiger partial charge in [-0.3, -0.25) is 4.99 Å². The molecule has 2 heterocycles. The van der Waals surface area contributed by atoms with E-state index in [9.17, 15) is 5.26 Å². The van der Waals surface area contributed by atoms with Crippen LogP contribution in [0.1, 0.15) is 29.5 Å². The predicted octanol–water partition coefficient (Wildman–Crippen LogP) is 4.15. The van der Waals surface area contributed by atoms with E-state index in [1.54, 1.807) is 0 Å². The van der Waals surface area contributed by atoms with Gasteiger partial charge in [-0.15, -0.1) is 0 Å². The number of piperidine rings is 1. The van der Waals surface area contributed by atoms with Crippen LogP contribution in [0.5, 0.6) is 0 Å². The fourth-order valence-corrected chi connectivity index (χ4v) is 4.23. The molecule has 1 spiro atoms. The Labute approximate surface area is 158 Å². The SMILES string of the molecule is N#Cc1cccc2c1NC(=NCc1cccc(Cl)c1)C1(CCNCC1)C2. The number of amidine groups is 1. The van der Waals surface area contributed by atoms with Crippen LogP contribution in [-0.2, 0) is 13.0 Å². The first-order valence-electron chi connectivity index (χ1n) is 8.99. The monoisotopic (exact) mass is 364 g/mol. The molecule has 1 saturated heterocycles. The molecule has 4 nitrogen and oxygen atoms in total. The summed E-state index contributed by atoms with van der Waals surface area (Å²) in [5.41, 5.74) is 3.93. The van der Waals surface area contributed by atoms with E-state index in [0.29, 0.717) is 12.1 Å². The first kappa shape index (κ1) is 17.1. The Morgan fingerprint density at radius 1 is 1.15 bits per heavy atom. The first-order valence-corrected chi connectivity index (χ1v) is 9.37. The standard InChI is InChI=1S/C21H21ClN4/c22-18-6-1-3-15(11-18)14-25-20-21(7-9-24-10-8-21)12-16-4-2-5-17(13-23)19(16)26-20/h1-6,11,24H,7-10,12,14H2,(H,25,26). The zero-order valence-electron chi connectivity index (χ0n) is 14.6. The minimum absolute atomic E-state index is 0.0188. The van der Waals surface area contributed by atoms with Gasteiger partial charge in [0, 0.05) is 10.4 Å². The van der Waals surface area contributed by atoms with Crippen molar-refractivity contribution >= 4 is 23.1 Å². The molecule has 4 rings (SSSR count). The Kier molecular flexibility index (Phi) is 4.67. The number of nitriles is 1. The second kappa shape index (κ2) is 7.11. The van der Waals surface area contributed by atoms with Crippen molar-refractivity contribution in [2.45, 2.75) is 25.8 Å². The van der Waals surface area contributed by atoms with Crippen LogP contribution in [0.15, 0.2) is 47.5 Å². The Morgan fingerprint density at radius 3 is 2.73 bits per heavy atom.